The quantitative estimate of drug-likeness (QED) is 0.823. The van der Waals surface area contributed by atoms with Crippen molar-refractivity contribution in [2.75, 3.05) is 26.2 Å². The molecule has 1 saturated heterocycles. The smallest absolute Gasteiger partial charge is 0.228 e. The van der Waals surface area contributed by atoms with E-state index < -0.39 is 5.41 Å². The maximum absolute atomic E-state index is 12.2. The second-order valence-corrected chi connectivity index (χ2v) is 7.19. The van der Waals surface area contributed by atoms with Crippen LogP contribution in [0.25, 0.3) is 0 Å². The molecule has 2 aliphatic rings. The summed E-state index contributed by atoms with van der Waals surface area (Å²) < 4.78 is 5.85. The number of hydrogen-bond donors (Lipinski definition) is 1. The molecule has 1 aromatic heterocycles. The van der Waals surface area contributed by atoms with E-state index in [0.717, 1.165) is 23.4 Å². The van der Waals surface area contributed by atoms with E-state index in [1.54, 1.807) is 12.4 Å². The summed E-state index contributed by atoms with van der Waals surface area (Å²) >= 11 is 0. The average Bonchev–Trinajstić information content (AvgIpc) is 3.23. The molecule has 2 heterocycles. The highest BCUT2D eigenvalue weighted by atomic mass is 16.5. The zero-order valence-corrected chi connectivity index (χ0v) is 14.8. The molecule has 1 saturated carbocycles. The Balaban J connectivity index is 1.42. The minimum Gasteiger partial charge on any atom is -0.492 e. The molecule has 1 aromatic carbocycles. The zero-order chi connectivity index (χ0) is 18.0. The van der Waals surface area contributed by atoms with Gasteiger partial charge in [-0.3, -0.25) is 9.69 Å². The van der Waals surface area contributed by atoms with Gasteiger partial charge in [-0.05, 0) is 55.6 Å². The maximum atomic E-state index is 12.2. The maximum Gasteiger partial charge on any atom is 0.228 e. The summed E-state index contributed by atoms with van der Waals surface area (Å²) in [5, 5.41) is 0. The van der Waals surface area contributed by atoms with E-state index >= 15 is 0 Å². The third-order valence-corrected chi connectivity index (χ3v) is 5.63. The standard InChI is InChI=1S/C20H24N4O2/c21-19(25)20(11-18(20)15-12-22-14-23-13-15)16-3-5-17(6-4-16)26-10-9-24-7-1-2-8-24/h3-6,12-14,18H,1-2,7-11H2,(H2,21,25). The number of carbonyl (C=O) groups is 1. The lowest BCUT2D eigenvalue weighted by Gasteiger charge is -2.17. The number of hydrogen-bond acceptors (Lipinski definition) is 5. The number of ether oxygens (including phenoxy) is 1. The van der Waals surface area contributed by atoms with Crippen LogP contribution in [0.1, 0.15) is 36.3 Å². The minimum atomic E-state index is -0.654. The van der Waals surface area contributed by atoms with Crippen molar-refractivity contribution in [2.24, 2.45) is 5.73 Å². The van der Waals surface area contributed by atoms with E-state index in [1.165, 1.54) is 32.3 Å². The van der Waals surface area contributed by atoms with Crippen molar-refractivity contribution < 1.29 is 9.53 Å². The Hall–Kier alpha value is -2.47. The molecule has 0 bridgehead atoms. The Bertz CT molecular complexity index is 759. The number of carbonyl (C=O) groups excluding carboxylic acids is 1. The molecule has 0 radical (unpaired) electrons. The predicted molar refractivity (Wildman–Crippen MR) is 97.9 cm³/mol. The van der Waals surface area contributed by atoms with Gasteiger partial charge in [0.25, 0.3) is 0 Å². The van der Waals surface area contributed by atoms with Gasteiger partial charge in [-0.15, -0.1) is 0 Å². The van der Waals surface area contributed by atoms with Crippen LogP contribution in [0.15, 0.2) is 43.0 Å². The van der Waals surface area contributed by atoms with Gasteiger partial charge in [0, 0.05) is 24.9 Å². The van der Waals surface area contributed by atoms with Crippen LogP contribution >= 0.6 is 0 Å². The van der Waals surface area contributed by atoms with Gasteiger partial charge in [0.2, 0.25) is 5.91 Å². The normalized spacial score (nSPS) is 25.2. The largest absolute Gasteiger partial charge is 0.492 e. The molecule has 26 heavy (non-hydrogen) atoms. The van der Waals surface area contributed by atoms with Gasteiger partial charge in [0.1, 0.15) is 18.7 Å². The lowest BCUT2D eigenvalue weighted by atomic mass is 9.90. The highest BCUT2D eigenvalue weighted by Gasteiger charge is 2.60. The molecule has 4 rings (SSSR count). The van der Waals surface area contributed by atoms with Crippen molar-refractivity contribution in [1.29, 1.82) is 0 Å². The van der Waals surface area contributed by atoms with Crippen molar-refractivity contribution in [3.63, 3.8) is 0 Å². The molecule has 2 fully saturated rings. The fourth-order valence-corrected chi connectivity index (χ4v) is 4.04. The number of likely N-dealkylation sites (tertiary alicyclic amines) is 1. The van der Waals surface area contributed by atoms with Gasteiger partial charge < -0.3 is 10.5 Å². The lowest BCUT2D eigenvalue weighted by Crippen LogP contribution is -2.30. The van der Waals surface area contributed by atoms with Crippen LogP contribution in [0.4, 0.5) is 0 Å². The summed E-state index contributed by atoms with van der Waals surface area (Å²) in [4.78, 5) is 22.8. The Morgan fingerprint density at radius 3 is 2.54 bits per heavy atom. The number of rotatable bonds is 7. The van der Waals surface area contributed by atoms with Crippen LogP contribution in [-0.2, 0) is 10.2 Å². The van der Waals surface area contributed by atoms with E-state index in [1.807, 2.05) is 24.3 Å². The summed E-state index contributed by atoms with van der Waals surface area (Å²) in [5.41, 5.74) is 7.00. The summed E-state index contributed by atoms with van der Waals surface area (Å²) in [6, 6.07) is 7.78. The van der Waals surface area contributed by atoms with Gasteiger partial charge in [0.05, 0.1) is 5.41 Å². The molecule has 6 nitrogen and oxygen atoms in total. The summed E-state index contributed by atoms with van der Waals surface area (Å²) in [6.07, 6.45) is 8.29. The number of amides is 1. The van der Waals surface area contributed by atoms with Crippen LogP contribution in [0.5, 0.6) is 5.75 Å². The SMILES string of the molecule is NC(=O)C1(c2ccc(OCCN3CCCC3)cc2)CC1c1cncnc1. The monoisotopic (exact) mass is 352 g/mol. The highest BCUT2D eigenvalue weighted by molar-refractivity contribution is 5.92. The average molecular weight is 352 g/mol. The summed E-state index contributed by atoms with van der Waals surface area (Å²) in [5.74, 6) is 0.574. The fourth-order valence-electron chi connectivity index (χ4n) is 4.04. The minimum absolute atomic E-state index is 0.0446. The molecule has 6 heteroatoms. The van der Waals surface area contributed by atoms with Crippen LogP contribution in [0, 0.1) is 0 Å². The van der Waals surface area contributed by atoms with Crippen molar-refractivity contribution in [2.45, 2.75) is 30.6 Å². The number of primary amides is 1. The van der Waals surface area contributed by atoms with Crippen LogP contribution in [0.2, 0.25) is 0 Å². The molecular formula is C20H24N4O2. The topological polar surface area (TPSA) is 81.3 Å². The number of nitrogens with zero attached hydrogens (tertiary/aromatic N) is 3. The van der Waals surface area contributed by atoms with Crippen molar-refractivity contribution >= 4 is 5.91 Å². The second-order valence-electron chi connectivity index (χ2n) is 7.19. The summed E-state index contributed by atoms with van der Waals surface area (Å²) in [7, 11) is 0. The van der Waals surface area contributed by atoms with Crippen molar-refractivity contribution in [3.8, 4) is 5.75 Å². The molecule has 2 aromatic rings. The van der Waals surface area contributed by atoms with Crippen molar-refractivity contribution in [3.05, 3.63) is 54.1 Å². The van der Waals surface area contributed by atoms with Crippen molar-refractivity contribution in [1.82, 2.24) is 14.9 Å². The second kappa shape index (κ2) is 7.03. The molecule has 0 spiro atoms. The van der Waals surface area contributed by atoms with Gasteiger partial charge in [-0.25, -0.2) is 9.97 Å². The number of nitrogens with two attached hydrogens (primary N) is 1. The van der Waals surface area contributed by atoms with Gasteiger partial charge >= 0.3 is 0 Å². The first-order valence-electron chi connectivity index (χ1n) is 9.20. The molecule has 2 atom stereocenters. The zero-order valence-electron chi connectivity index (χ0n) is 14.8. The Labute approximate surface area is 153 Å². The lowest BCUT2D eigenvalue weighted by molar-refractivity contribution is -0.120. The molecule has 136 valence electrons. The number of benzene rings is 1. The van der Waals surface area contributed by atoms with Gasteiger partial charge in [-0.2, -0.15) is 0 Å². The Morgan fingerprint density at radius 2 is 1.88 bits per heavy atom. The van der Waals surface area contributed by atoms with E-state index in [2.05, 4.69) is 14.9 Å². The Morgan fingerprint density at radius 1 is 1.19 bits per heavy atom. The molecule has 2 unspecified atom stereocenters. The molecule has 1 aliphatic heterocycles. The third kappa shape index (κ3) is 3.17. The molecular weight excluding hydrogens is 328 g/mol. The van der Waals surface area contributed by atoms with Gasteiger partial charge in [0.15, 0.2) is 0 Å². The third-order valence-electron chi connectivity index (χ3n) is 5.63. The Kier molecular flexibility index (Phi) is 4.59. The molecule has 1 aliphatic carbocycles. The first-order chi connectivity index (χ1) is 12.7. The molecule has 1 amide bonds. The predicted octanol–water partition coefficient (Wildman–Crippen LogP) is 1.86. The van der Waals surface area contributed by atoms with Gasteiger partial charge in [-0.1, -0.05) is 12.1 Å². The first kappa shape index (κ1) is 17.0. The fraction of sp³-hybridized carbons (Fsp3) is 0.450. The van der Waals surface area contributed by atoms with E-state index in [0.29, 0.717) is 13.0 Å². The van der Waals surface area contributed by atoms with Crippen LogP contribution in [-0.4, -0.2) is 47.0 Å². The number of aromatic nitrogens is 2. The summed E-state index contributed by atoms with van der Waals surface area (Å²) in [6.45, 7) is 4.00. The van der Waals surface area contributed by atoms with E-state index in [-0.39, 0.29) is 11.8 Å². The molecule has 2 N–H and O–H groups in total. The van der Waals surface area contributed by atoms with E-state index in [4.69, 9.17) is 10.5 Å². The van der Waals surface area contributed by atoms with E-state index in [9.17, 15) is 4.79 Å². The highest BCUT2D eigenvalue weighted by Crippen LogP contribution is 2.60. The van der Waals surface area contributed by atoms with Crippen LogP contribution in [0.3, 0.4) is 0 Å². The first-order valence-corrected chi connectivity index (χ1v) is 9.20. The van der Waals surface area contributed by atoms with Crippen LogP contribution < -0.4 is 10.5 Å².